The molecule has 0 saturated heterocycles. The third-order valence-corrected chi connectivity index (χ3v) is 3.32. The van der Waals surface area contributed by atoms with Crippen molar-refractivity contribution in [3.8, 4) is 22.8 Å². The first-order valence-corrected chi connectivity index (χ1v) is 5.99. The smallest absolute Gasteiger partial charge is 0.174 e. The van der Waals surface area contributed by atoms with Gasteiger partial charge in [0, 0.05) is 11.8 Å². The molecular formula is C13H16N2O2S. The first-order chi connectivity index (χ1) is 8.58. The number of rotatable bonds is 3. The summed E-state index contributed by atoms with van der Waals surface area (Å²) in [6, 6.07) is 1.95. The molecule has 0 bridgehead atoms. The average Bonchev–Trinajstić information content (AvgIpc) is 2.79. The molecule has 0 saturated carbocycles. The number of methoxy groups -OCH3 is 2. The van der Waals surface area contributed by atoms with Crippen LogP contribution in [0.15, 0.2) is 12.3 Å². The zero-order valence-electron chi connectivity index (χ0n) is 10.9. The molecule has 4 nitrogen and oxygen atoms in total. The van der Waals surface area contributed by atoms with E-state index in [0.29, 0.717) is 4.77 Å². The largest absolute Gasteiger partial charge is 0.496 e. The van der Waals surface area contributed by atoms with Crippen LogP contribution in [0, 0.1) is 18.6 Å². The van der Waals surface area contributed by atoms with Gasteiger partial charge in [-0.2, -0.15) is 0 Å². The molecule has 1 aromatic carbocycles. The van der Waals surface area contributed by atoms with Crippen molar-refractivity contribution in [1.29, 1.82) is 0 Å². The Kier molecular flexibility index (Phi) is 3.43. The number of imidazole rings is 1. The van der Waals surface area contributed by atoms with Gasteiger partial charge < -0.3 is 19.4 Å². The monoisotopic (exact) mass is 264 g/mol. The Morgan fingerprint density at radius 1 is 1.11 bits per heavy atom. The number of H-pyrrole nitrogens is 2. The number of ether oxygens (including phenoxy) is 2. The molecule has 1 heterocycles. The number of hydrogen-bond donors (Lipinski definition) is 2. The Morgan fingerprint density at radius 3 is 2.33 bits per heavy atom. The standard InChI is InChI=1S/C13H16N2O2S/c1-7-8(2)12(17-4)9(5-11(7)16-3)10-6-14-13(18)15-10/h5-6H,1-4H3,(H2,14,15,18). The molecule has 5 heteroatoms. The van der Waals surface area contributed by atoms with E-state index in [2.05, 4.69) is 9.97 Å². The van der Waals surface area contributed by atoms with E-state index in [9.17, 15) is 0 Å². The van der Waals surface area contributed by atoms with Gasteiger partial charge in [-0.15, -0.1) is 0 Å². The van der Waals surface area contributed by atoms with Crippen LogP contribution in [-0.4, -0.2) is 24.2 Å². The van der Waals surface area contributed by atoms with E-state index >= 15 is 0 Å². The van der Waals surface area contributed by atoms with Crippen molar-refractivity contribution in [2.75, 3.05) is 14.2 Å². The van der Waals surface area contributed by atoms with Gasteiger partial charge in [0.1, 0.15) is 11.5 Å². The molecule has 0 unspecified atom stereocenters. The summed E-state index contributed by atoms with van der Waals surface area (Å²) in [6.07, 6.45) is 1.83. The first-order valence-electron chi connectivity index (χ1n) is 5.58. The molecule has 0 fully saturated rings. The summed E-state index contributed by atoms with van der Waals surface area (Å²) in [5.74, 6) is 1.67. The number of nitrogens with one attached hydrogen (secondary N) is 2. The zero-order valence-corrected chi connectivity index (χ0v) is 11.7. The van der Waals surface area contributed by atoms with Crippen molar-refractivity contribution in [1.82, 2.24) is 9.97 Å². The quantitative estimate of drug-likeness (QED) is 0.836. The minimum atomic E-state index is 0.587. The molecule has 0 spiro atoms. The third kappa shape index (κ3) is 2.01. The molecule has 18 heavy (non-hydrogen) atoms. The van der Waals surface area contributed by atoms with Gasteiger partial charge in [0.2, 0.25) is 0 Å². The molecule has 0 atom stereocenters. The highest BCUT2D eigenvalue weighted by molar-refractivity contribution is 7.71. The zero-order chi connectivity index (χ0) is 13.3. The van der Waals surface area contributed by atoms with Gasteiger partial charge >= 0.3 is 0 Å². The topological polar surface area (TPSA) is 50.0 Å². The molecule has 0 aliphatic heterocycles. The second kappa shape index (κ2) is 4.86. The Bertz CT molecular complexity index is 628. The maximum Gasteiger partial charge on any atom is 0.174 e. The van der Waals surface area contributed by atoms with E-state index in [1.165, 1.54) is 0 Å². The van der Waals surface area contributed by atoms with Crippen LogP contribution in [0.1, 0.15) is 11.1 Å². The Balaban J connectivity index is 2.73. The average molecular weight is 264 g/mol. The Hall–Kier alpha value is -1.75. The van der Waals surface area contributed by atoms with Crippen LogP contribution in [0.25, 0.3) is 11.3 Å². The number of aromatic amines is 2. The van der Waals surface area contributed by atoms with Crippen molar-refractivity contribution >= 4 is 12.2 Å². The SMILES string of the molecule is COc1cc(-c2c[nH]c(=S)[nH]2)c(OC)c(C)c1C. The Morgan fingerprint density at radius 2 is 1.83 bits per heavy atom. The molecule has 0 radical (unpaired) electrons. The summed E-state index contributed by atoms with van der Waals surface area (Å²) in [5, 5.41) is 0. The lowest BCUT2D eigenvalue weighted by atomic mass is 10.0. The fraction of sp³-hybridized carbons (Fsp3) is 0.308. The molecular weight excluding hydrogens is 248 g/mol. The first kappa shape index (κ1) is 12.7. The summed E-state index contributed by atoms with van der Waals surface area (Å²) >= 11 is 5.05. The highest BCUT2D eigenvalue weighted by atomic mass is 32.1. The van der Waals surface area contributed by atoms with E-state index in [-0.39, 0.29) is 0 Å². The normalized spacial score (nSPS) is 10.4. The van der Waals surface area contributed by atoms with E-state index in [1.807, 2.05) is 26.1 Å². The second-order valence-electron chi connectivity index (χ2n) is 4.07. The van der Waals surface area contributed by atoms with Gasteiger partial charge in [-0.3, -0.25) is 0 Å². The number of hydrogen-bond acceptors (Lipinski definition) is 3. The maximum atomic E-state index is 5.50. The van der Waals surface area contributed by atoms with E-state index < -0.39 is 0 Å². The van der Waals surface area contributed by atoms with Crippen LogP contribution < -0.4 is 9.47 Å². The van der Waals surface area contributed by atoms with Crippen molar-refractivity contribution < 1.29 is 9.47 Å². The summed E-state index contributed by atoms with van der Waals surface area (Å²) in [5.41, 5.74) is 3.96. The predicted octanol–water partition coefficient (Wildman–Crippen LogP) is 3.37. The molecule has 2 aromatic rings. The van der Waals surface area contributed by atoms with Gasteiger partial charge in [0.05, 0.1) is 19.9 Å². The van der Waals surface area contributed by atoms with Crippen LogP contribution in [0.3, 0.4) is 0 Å². The van der Waals surface area contributed by atoms with Crippen molar-refractivity contribution in [3.05, 3.63) is 28.2 Å². The van der Waals surface area contributed by atoms with Crippen molar-refractivity contribution in [3.63, 3.8) is 0 Å². The Labute approximate surface area is 111 Å². The number of benzene rings is 1. The summed E-state index contributed by atoms with van der Waals surface area (Å²) in [7, 11) is 3.33. The molecule has 0 amide bonds. The van der Waals surface area contributed by atoms with Crippen LogP contribution in [0.4, 0.5) is 0 Å². The molecule has 2 N–H and O–H groups in total. The fourth-order valence-corrected chi connectivity index (χ4v) is 2.18. The lowest BCUT2D eigenvalue weighted by molar-refractivity contribution is 0.399. The second-order valence-corrected chi connectivity index (χ2v) is 4.47. The van der Waals surface area contributed by atoms with E-state index in [1.54, 1.807) is 14.2 Å². The minimum Gasteiger partial charge on any atom is -0.496 e. The number of aromatic nitrogens is 2. The maximum absolute atomic E-state index is 5.50. The van der Waals surface area contributed by atoms with Crippen LogP contribution in [0.2, 0.25) is 0 Å². The summed E-state index contributed by atoms with van der Waals surface area (Å²) in [4.78, 5) is 6.04. The van der Waals surface area contributed by atoms with Crippen LogP contribution in [-0.2, 0) is 0 Å². The summed E-state index contributed by atoms with van der Waals surface area (Å²) < 4.78 is 11.5. The molecule has 0 aliphatic carbocycles. The van der Waals surface area contributed by atoms with Gasteiger partial charge in [0.25, 0.3) is 0 Å². The lowest BCUT2D eigenvalue weighted by Gasteiger charge is -2.15. The lowest BCUT2D eigenvalue weighted by Crippen LogP contribution is -1.97. The van der Waals surface area contributed by atoms with Crippen LogP contribution >= 0.6 is 12.2 Å². The van der Waals surface area contributed by atoms with Crippen molar-refractivity contribution in [2.45, 2.75) is 13.8 Å². The summed E-state index contributed by atoms with van der Waals surface area (Å²) in [6.45, 7) is 4.03. The molecule has 1 aromatic heterocycles. The van der Waals surface area contributed by atoms with Gasteiger partial charge in [-0.1, -0.05) is 0 Å². The van der Waals surface area contributed by atoms with Gasteiger partial charge in [-0.05, 0) is 43.3 Å². The van der Waals surface area contributed by atoms with E-state index in [0.717, 1.165) is 33.9 Å². The van der Waals surface area contributed by atoms with Crippen molar-refractivity contribution in [2.24, 2.45) is 0 Å². The van der Waals surface area contributed by atoms with Gasteiger partial charge in [0.15, 0.2) is 4.77 Å². The highest BCUT2D eigenvalue weighted by Crippen LogP contribution is 2.38. The fourth-order valence-electron chi connectivity index (χ4n) is 2.01. The third-order valence-electron chi connectivity index (χ3n) is 3.10. The molecule has 96 valence electrons. The van der Waals surface area contributed by atoms with Gasteiger partial charge in [-0.25, -0.2) is 0 Å². The van der Waals surface area contributed by atoms with Crippen LogP contribution in [0.5, 0.6) is 11.5 Å². The highest BCUT2D eigenvalue weighted by Gasteiger charge is 2.15. The van der Waals surface area contributed by atoms with E-state index in [4.69, 9.17) is 21.7 Å². The molecule has 2 rings (SSSR count). The predicted molar refractivity (Wildman–Crippen MR) is 74.0 cm³/mol. The molecule has 0 aliphatic rings. The minimum absolute atomic E-state index is 0.587.